The molecule has 1 saturated carbocycles. The molecule has 6 nitrogen and oxygen atoms in total. The fourth-order valence-corrected chi connectivity index (χ4v) is 2.98. The monoisotopic (exact) mass is 306 g/mol. The molecule has 22 heavy (non-hydrogen) atoms. The highest BCUT2D eigenvalue weighted by Gasteiger charge is 2.25. The molecule has 0 heterocycles. The predicted octanol–water partition coefficient (Wildman–Crippen LogP) is 2.19. The van der Waals surface area contributed by atoms with E-state index in [-0.39, 0.29) is 30.2 Å². The van der Waals surface area contributed by atoms with Crippen molar-refractivity contribution in [3.63, 3.8) is 0 Å². The Balaban J connectivity index is 1.84. The van der Waals surface area contributed by atoms with Gasteiger partial charge in [0.25, 0.3) is 5.69 Å². The average Bonchev–Trinajstić information content (AvgIpc) is 2.53. The molecule has 1 aliphatic carbocycles. The van der Waals surface area contributed by atoms with Crippen molar-refractivity contribution in [1.29, 1.82) is 0 Å². The minimum absolute atomic E-state index is 0.0468. The summed E-state index contributed by atoms with van der Waals surface area (Å²) >= 11 is 0. The van der Waals surface area contributed by atoms with Gasteiger partial charge in [0.2, 0.25) is 5.91 Å². The predicted molar refractivity (Wildman–Crippen MR) is 82.4 cm³/mol. The number of carbonyl (C=O) groups is 1. The number of carbonyl (C=O) groups excluding carboxylic acids is 1. The fourth-order valence-electron chi connectivity index (χ4n) is 2.98. The van der Waals surface area contributed by atoms with Crippen LogP contribution in [0.4, 0.5) is 5.69 Å². The van der Waals surface area contributed by atoms with E-state index in [4.69, 9.17) is 0 Å². The van der Waals surface area contributed by atoms with Crippen LogP contribution in [0.25, 0.3) is 0 Å². The molecule has 2 atom stereocenters. The lowest BCUT2D eigenvalue weighted by Gasteiger charge is -2.30. The topological polar surface area (TPSA) is 92.5 Å². The third-order valence-corrected chi connectivity index (χ3v) is 4.25. The average molecular weight is 306 g/mol. The van der Waals surface area contributed by atoms with Crippen LogP contribution in [0.3, 0.4) is 0 Å². The van der Waals surface area contributed by atoms with Gasteiger partial charge in [-0.3, -0.25) is 14.9 Å². The van der Waals surface area contributed by atoms with Gasteiger partial charge in [0.05, 0.1) is 4.92 Å². The number of nitro benzene ring substituents is 1. The molecule has 1 fully saturated rings. The summed E-state index contributed by atoms with van der Waals surface area (Å²) in [7, 11) is 0. The number of aliphatic hydroxyl groups excluding tert-OH is 1. The summed E-state index contributed by atoms with van der Waals surface area (Å²) in [4.78, 5) is 22.3. The largest absolute Gasteiger partial charge is 0.396 e. The summed E-state index contributed by atoms with van der Waals surface area (Å²) in [5, 5.41) is 23.1. The fraction of sp³-hybridized carbons (Fsp3) is 0.562. The standard InChI is InChI=1S/C16H22N2O4/c19-11-13-5-1-2-7-15(13)17-16(20)9-8-12-4-3-6-14(10-12)18(21)22/h3-4,6,10,13,15,19H,1-2,5,7-9,11H2,(H,17,20)/t13-,15+/m0/s1. The van der Waals surface area contributed by atoms with E-state index in [1.807, 2.05) is 0 Å². The van der Waals surface area contributed by atoms with E-state index in [0.717, 1.165) is 31.2 Å². The van der Waals surface area contributed by atoms with Gasteiger partial charge in [-0.1, -0.05) is 25.0 Å². The number of aryl methyl sites for hydroxylation is 1. The molecule has 0 spiro atoms. The third kappa shape index (κ3) is 4.53. The Hall–Kier alpha value is -1.95. The van der Waals surface area contributed by atoms with Crippen molar-refractivity contribution in [3.05, 3.63) is 39.9 Å². The summed E-state index contributed by atoms with van der Waals surface area (Å²) in [5.41, 5.74) is 0.831. The van der Waals surface area contributed by atoms with Crippen LogP contribution < -0.4 is 5.32 Å². The lowest BCUT2D eigenvalue weighted by molar-refractivity contribution is -0.384. The number of aliphatic hydroxyl groups is 1. The Labute approximate surface area is 129 Å². The summed E-state index contributed by atoms with van der Waals surface area (Å²) in [6.07, 6.45) is 4.82. The second-order valence-electron chi connectivity index (χ2n) is 5.83. The van der Waals surface area contributed by atoms with E-state index in [1.54, 1.807) is 12.1 Å². The quantitative estimate of drug-likeness (QED) is 0.622. The van der Waals surface area contributed by atoms with E-state index in [9.17, 15) is 20.0 Å². The minimum Gasteiger partial charge on any atom is -0.396 e. The number of nitrogens with zero attached hydrogens (tertiary/aromatic N) is 1. The van der Waals surface area contributed by atoms with Crippen molar-refractivity contribution in [2.75, 3.05) is 6.61 Å². The van der Waals surface area contributed by atoms with Gasteiger partial charge in [0, 0.05) is 37.1 Å². The zero-order valence-corrected chi connectivity index (χ0v) is 12.5. The summed E-state index contributed by atoms with van der Waals surface area (Å²) < 4.78 is 0. The normalized spacial score (nSPS) is 21.3. The second kappa shape index (κ2) is 7.89. The molecule has 2 rings (SSSR count). The van der Waals surface area contributed by atoms with E-state index in [0.29, 0.717) is 12.8 Å². The number of rotatable bonds is 6. The Morgan fingerprint density at radius 3 is 2.86 bits per heavy atom. The minimum atomic E-state index is -0.433. The first-order valence-electron chi connectivity index (χ1n) is 7.73. The van der Waals surface area contributed by atoms with Gasteiger partial charge < -0.3 is 10.4 Å². The van der Waals surface area contributed by atoms with Gasteiger partial charge in [0.15, 0.2) is 0 Å². The molecule has 0 radical (unpaired) electrons. The second-order valence-corrected chi connectivity index (χ2v) is 5.83. The van der Waals surface area contributed by atoms with Gasteiger partial charge in [-0.2, -0.15) is 0 Å². The maximum atomic E-state index is 12.0. The summed E-state index contributed by atoms with van der Waals surface area (Å²) in [5.74, 6) is 0.0902. The maximum Gasteiger partial charge on any atom is 0.269 e. The lowest BCUT2D eigenvalue weighted by atomic mass is 9.85. The Bertz CT molecular complexity index is 533. The van der Waals surface area contributed by atoms with Crippen LogP contribution in [0.5, 0.6) is 0 Å². The zero-order chi connectivity index (χ0) is 15.9. The first-order valence-corrected chi connectivity index (χ1v) is 7.73. The van der Waals surface area contributed by atoms with Crippen molar-refractivity contribution < 1.29 is 14.8 Å². The van der Waals surface area contributed by atoms with E-state index < -0.39 is 4.92 Å². The molecule has 120 valence electrons. The van der Waals surface area contributed by atoms with Gasteiger partial charge in [0.1, 0.15) is 0 Å². The summed E-state index contributed by atoms with van der Waals surface area (Å²) in [6, 6.07) is 6.42. The van der Waals surface area contributed by atoms with Crippen molar-refractivity contribution in [2.45, 2.75) is 44.6 Å². The van der Waals surface area contributed by atoms with Crippen LogP contribution in [0, 0.1) is 16.0 Å². The Morgan fingerprint density at radius 1 is 1.36 bits per heavy atom. The molecule has 1 aromatic rings. The maximum absolute atomic E-state index is 12.0. The number of hydrogen-bond donors (Lipinski definition) is 2. The number of amides is 1. The first-order chi connectivity index (χ1) is 10.6. The SMILES string of the molecule is O=C(CCc1cccc([N+](=O)[O-])c1)N[C@@H]1CCCC[C@H]1CO. The van der Waals surface area contributed by atoms with Gasteiger partial charge in [-0.25, -0.2) is 0 Å². The van der Waals surface area contributed by atoms with Crippen LogP contribution in [-0.4, -0.2) is 28.6 Å². The lowest BCUT2D eigenvalue weighted by Crippen LogP contribution is -2.43. The van der Waals surface area contributed by atoms with Gasteiger partial charge in [-0.15, -0.1) is 0 Å². The smallest absolute Gasteiger partial charge is 0.269 e. The first kappa shape index (κ1) is 16.4. The van der Waals surface area contributed by atoms with Crippen LogP contribution in [0.2, 0.25) is 0 Å². The van der Waals surface area contributed by atoms with E-state index in [1.165, 1.54) is 12.1 Å². The number of benzene rings is 1. The third-order valence-electron chi connectivity index (χ3n) is 4.25. The number of nitrogens with one attached hydrogen (secondary N) is 1. The van der Waals surface area contributed by atoms with Crippen LogP contribution in [-0.2, 0) is 11.2 Å². The molecule has 0 aromatic heterocycles. The van der Waals surface area contributed by atoms with Gasteiger partial charge in [-0.05, 0) is 24.8 Å². The van der Waals surface area contributed by atoms with Crippen molar-refractivity contribution in [1.82, 2.24) is 5.32 Å². The zero-order valence-electron chi connectivity index (χ0n) is 12.5. The van der Waals surface area contributed by atoms with Crippen LogP contribution in [0.15, 0.2) is 24.3 Å². The van der Waals surface area contributed by atoms with E-state index in [2.05, 4.69) is 5.32 Å². The van der Waals surface area contributed by atoms with Crippen LogP contribution in [0.1, 0.15) is 37.7 Å². The number of hydrogen-bond acceptors (Lipinski definition) is 4. The Morgan fingerprint density at radius 2 is 2.14 bits per heavy atom. The van der Waals surface area contributed by atoms with Gasteiger partial charge >= 0.3 is 0 Å². The molecule has 0 unspecified atom stereocenters. The van der Waals surface area contributed by atoms with Crippen LogP contribution >= 0.6 is 0 Å². The molecular formula is C16H22N2O4. The van der Waals surface area contributed by atoms with Crippen molar-refractivity contribution >= 4 is 11.6 Å². The number of nitro groups is 1. The highest BCUT2D eigenvalue weighted by molar-refractivity contribution is 5.76. The molecular weight excluding hydrogens is 284 g/mol. The van der Waals surface area contributed by atoms with Crippen molar-refractivity contribution in [3.8, 4) is 0 Å². The molecule has 0 saturated heterocycles. The van der Waals surface area contributed by atoms with E-state index >= 15 is 0 Å². The molecule has 0 bridgehead atoms. The molecule has 1 aliphatic rings. The molecule has 1 amide bonds. The molecule has 1 aromatic carbocycles. The molecule has 6 heteroatoms. The Kier molecular flexibility index (Phi) is 5.89. The number of non-ortho nitro benzene ring substituents is 1. The molecule has 0 aliphatic heterocycles. The highest BCUT2D eigenvalue weighted by atomic mass is 16.6. The molecule has 2 N–H and O–H groups in total. The summed E-state index contributed by atoms with van der Waals surface area (Å²) in [6.45, 7) is 0.107. The highest BCUT2D eigenvalue weighted by Crippen LogP contribution is 2.24. The van der Waals surface area contributed by atoms with Crippen molar-refractivity contribution in [2.24, 2.45) is 5.92 Å².